The number of rotatable bonds is 4. The molecule has 3 heteroatoms. The molecule has 1 aromatic rings. The van der Waals surface area contributed by atoms with Crippen LogP contribution in [0.15, 0.2) is 24.3 Å². The third-order valence-electron chi connectivity index (χ3n) is 3.28. The van der Waals surface area contributed by atoms with Crippen molar-refractivity contribution in [1.29, 1.82) is 0 Å². The average molecular weight is 232 g/mol. The molecule has 0 saturated carbocycles. The van der Waals surface area contributed by atoms with E-state index in [4.69, 9.17) is 5.73 Å². The molecule has 2 N–H and O–H groups in total. The summed E-state index contributed by atoms with van der Waals surface area (Å²) in [5, 5.41) is 0. The zero-order chi connectivity index (χ0) is 12.3. The monoisotopic (exact) mass is 232 g/mol. The number of nitrogens with two attached hydrogens (primary N) is 1. The predicted octanol–water partition coefficient (Wildman–Crippen LogP) is 2.07. The van der Waals surface area contributed by atoms with Gasteiger partial charge < -0.3 is 10.6 Å². The minimum atomic E-state index is 0.315. The van der Waals surface area contributed by atoms with Gasteiger partial charge in [-0.15, -0.1) is 0 Å². The van der Waals surface area contributed by atoms with Gasteiger partial charge in [0.25, 0.3) is 0 Å². The van der Waals surface area contributed by atoms with Gasteiger partial charge in [0, 0.05) is 25.2 Å². The Kier molecular flexibility index (Phi) is 3.67. The molecule has 17 heavy (non-hydrogen) atoms. The van der Waals surface area contributed by atoms with Gasteiger partial charge in [0.05, 0.1) is 0 Å². The number of benzene rings is 1. The molecular weight excluding hydrogens is 212 g/mol. The lowest BCUT2D eigenvalue weighted by Gasteiger charge is -2.15. The zero-order valence-corrected chi connectivity index (χ0v) is 10.4. The van der Waals surface area contributed by atoms with Crippen LogP contribution >= 0.6 is 0 Å². The summed E-state index contributed by atoms with van der Waals surface area (Å²) in [6.45, 7) is 3.95. The number of aryl methyl sites for hydroxylation is 1. The van der Waals surface area contributed by atoms with E-state index in [-0.39, 0.29) is 0 Å². The second-order valence-corrected chi connectivity index (χ2v) is 4.99. The van der Waals surface area contributed by atoms with Crippen molar-refractivity contribution in [2.45, 2.75) is 26.2 Å². The Morgan fingerprint density at radius 3 is 2.65 bits per heavy atom. The molecule has 2 rings (SSSR count). The first-order chi connectivity index (χ1) is 8.15. The molecule has 0 radical (unpaired) electrons. The first-order valence-corrected chi connectivity index (χ1v) is 6.27. The van der Waals surface area contributed by atoms with Crippen molar-refractivity contribution >= 4 is 11.6 Å². The molecule has 1 aliphatic heterocycles. The smallest absolute Gasteiger partial charge is 0.222 e. The highest BCUT2D eigenvalue weighted by atomic mass is 16.2. The van der Waals surface area contributed by atoms with E-state index < -0.39 is 0 Å². The highest BCUT2D eigenvalue weighted by Gasteiger charge is 2.25. The highest BCUT2D eigenvalue weighted by molar-refractivity contribution is 5.78. The number of hydrogen-bond acceptors (Lipinski definition) is 2. The SMILES string of the molecule is CC1CC(=O)N(CCCc2ccc(N)cc2)C1. The fraction of sp³-hybridized carbons (Fsp3) is 0.500. The minimum Gasteiger partial charge on any atom is -0.399 e. The van der Waals surface area contributed by atoms with Gasteiger partial charge in [-0.3, -0.25) is 4.79 Å². The molecule has 0 aromatic heterocycles. The standard InChI is InChI=1S/C14H20N2O/c1-11-9-14(17)16(10-11)8-2-3-12-4-6-13(15)7-5-12/h4-7,11H,2-3,8-10,15H2,1H3. The number of carbonyl (C=O) groups is 1. The predicted molar refractivity (Wildman–Crippen MR) is 69.5 cm³/mol. The summed E-state index contributed by atoms with van der Waals surface area (Å²) < 4.78 is 0. The lowest BCUT2D eigenvalue weighted by molar-refractivity contribution is -0.127. The topological polar surface area (TPSA) is 46.3 Å². The normalized spacial score (nSPS) is 19.9. The van der Waals surface area contributed by atoms with E-state index in [0.717, 1.165) is 38.0 Å². The van der Waals surface area contributed by atoms with Gasteiger partial charge in [-0.25, -0.2) is 0 Å². The maximum absolute atomic E-state index is 11.6. The minimum absolute atomic E-state index is 0.315. The molecule has 1 aliphatic rings. The van der Waals surface area contributed by atoms with Crippen LogP contribution in [0.4, 0.5) is 5.69 Å². The van der Waals surface area contributed by atoms with Crippen molar-refractivity contribution in [3.8, 4) is 0 Å². The van der Waals surface area contributed by atoms with E-state index in [1.54, 1.807) is 0 Å². The number of carbonyl (C=O) groups excluding carboxylic acids is 1. The lowest BCUT2D eigenvalue weighted by atomic mass is 10.1. The zero-order valence-electron chi connectivity index (χ0n) is 10.4. The van der Waals surface area contributed by atoms with Crippen LogP contribution in [0.5, 0.6) is 0 Å². The van der Waals surface area contributed by atoms with Crippen molar-refractivity contribution in [1.82, 2.24) is 4.90 Å². The molecular formula is C14H20N2O. The van der Waals surface area contributed by atoms with Gasteiger partial charge in [-0.1, -0.05) is 19.1 Å². The summed E-state index contributed by atoms with van der Waals surface area (Å²) in [4.78, 5) is 13.6. The van der Waals surface area contributed by atoms with E-state index in [9.17, 15) is 4.79 Å². The van der Waals surface area contributed by atoms with Crippen LogP contribution in [0.1, 0.15) is 25.3 Å². The summed E-state index contributed by atoms with van der Waals surface area (Å²) in [6.07, 6.45) is 2.77. The Morgan fingerprint density at radius 2 is 2.06 bits per heavy atom. The summed E-state index contributed by atoms with van der Waals surface area (Å²) >= 11 is 0. The third-order valence-corrected chi connectivity index (χ3v) is 3.28. The van der Waals surface area contributed by atoms with E-state index in [2.05, 4.69) is 19.1 Å². The van der Waals surface area contributed by atoms with Gasteiger partial charge in [0.2, 0.25) is 5.91 Å². The van der Waals surface area contributed by atoms with E-state index in [1.807, 2.05) is 17.0 Å². The van der Waals surface area contributed by atoms with E-state index >= 15 is 0 Å². The molecule has 1 heterocycles. The van der Waals surface area contributed by atoms with Crippen LogP contribution in [0.25, 0.3) is 0 Å². The van der Waals surface area contributed by atoms with Crippen molar-refractivity contribution in [2.75, 3.05) is 18.8 Å². The summed E-state index contributed by atoms with van der Waals surface area (Å²) in [5.74, 6) is 0.842. The first-order valence-electron chi connectivity index (χ1n) is 6.27. The van der Waals surface area contributed by atoms with Gasteiger partial charge in [0.1, 0.15) is 0 Å². The summed E-state index contributed by atoms with van der Waals surface area (Å²) in [6, 6.07) is 7.98. The Morgan fingerprint density at radius 1 is 1.35 bits per heavy atom. The lowest BCUT2D eigenvalue weighted by Crippen LogP contribution is -2.26. The van der Waals surface area contributed by atoms with Crippen LogP contribution in [0, 0.1) is 5.92 Å². The quantitative estimate of drug-likeness (QED) is 0.808. The molecule has 3 nitrogen and oxygen atoms in total. The Bertz CT molecular complexity index is 386. The molecule has 1 unspecified atom stereocenters. The van der Waals surface area contributed by atoms with Crippen LogP contribution in [0.2, 0.25) is 0 Å². The molecule has 1 fully saturated rings. The molecule has 1 amide bonds. The average Bonchev–Trinajstić information content (AvgIpc) is 2.60. The Balaban J connectivity index is 1.76. The molecule has 0 bridgehead atoms. The van der Waals surface area contributed by atoms with Crippen molar-refractivity contribution in [3.05, 3.63) is 29.8 Å². The van der Waals surface area contributed by atoms with Gasteiger partial charge in [-0.05, 0) is 36.5 Å². The number of nitrogens with zero attached hydrogens (tertiary/aromatic N) is 1. The fourth-order valence-electron chi connectivity index (χ4n) is 2.34. The highest BCUT2D eigenvalue weighted by Crippen LogP contribution is 2.17. The molecule has 1 atom stereocenters. The fourth-order valence-corrected chi connectivity index (χ4v) is 2.34. The van der Waals surface area contributed by atoms with Crippen molar-refractivity contribution < 1.29 is 4.79 Å². The maximum Gasteiger partial charge on any atom is 0.222 e. The van der Waals surface area contributed by atoms with Crippen LogP contribution < -0.4 is 5.73 Å². The van der Waals surface area contributed by atoms with E-state index in [1.165, 1.54) is 5.56 Å². The Hall–Kier alpha value is -1.51. The van der Waals surface area contributed by atoms with Crippen LogP contribution in [0.3, 0.4) is 0 Å². The summed E-state index contributed by atoms with van der Waals surface area (Å²) in [5.41, 5.74) is 7.73. The van der Waals surface area contributed by atoms with Crippen molar-refractivity contribution in [2.24, 2.45) is 5.92 Å². The molecule has 0 aliphatic carbocycles. The van der Waals surface area contributed by atoms with Gasteiger partial charge in [0.15, 0.2) is 0 Å². The second-order valence-electron chi connectivity index (χ2n) is 4.99. The van der Waals surface area contributed by atoms with Gasteiger partial charge in [-0.2, -0.15) is 0 Å². The number of nitrogen functional groups attached to an aromatic ring is 1. The van der Waals surface area contributed by atoms with Crippen LogP contribution in [-0.2, 0) is 11.2 Å². The number of hydrogen-bond donors (Lipinski definition) is 1. The number of amides is 1. The molecule has 92 valence electrons. The summed E-state index contributed by atoms with van der Waals surface area (Å²) in [7, 11) is 0. The van der Waals surface area contributed by atoms with Crippen LogP contribution in [-0.4, -0.2) is 23.9 Å². The maximum atomic E-state index is 11.6. The second kappa shape index (κ2) is 5.21. The third kappa shape index (κ3) is 3.22. The molecule has 1 saturated heterocycles. The Labute approximate surface area is 103 Å². The molecule has 1 aromatic carbocycles. The number of anilines is 1. The largest absolute Gasteiger partial charge is 0.399 e. The van der Waals surface area contributed by atoms with Gasteiger partial charge >= 0.3 is 0 Å². The van der Waals surface area contributed by atoms with E-state index in [0.29, 0.717) is 11.8 Å². The number of likely N-dealkylation sites (tertiary alicyclic amines) is 1. The molecule has 0 spiro atoms. The van der Waals surface area contributed by atoms with Crippen molar-refractivity contribution in [3.63, 3.8) is 0 Å². The first kappa shape index (κ1) is 12.0.